The van der Waals surface area contributed by atoms with E-state index in [4.69, 9.17) is 4.74 Å². The van der Waals surface area contributed by atoms with Crippen molar-refractivity contribution in [3.63, 3.8) is 0 Å². The summed E-state index contributed by atoms with van der Waals surface area (Å²) in [5.74, 6) is 1.86. The van der Waals surface area contributed by atoms with Gasteiger partial charge in [-0.3, -0.25) is 0 Å². The molecule has 5 heteroatoms. The first-order valence-corrected chi connectivity index (χ1v) is 7.18. The number of hydrogen-bond acceptors (Lipinski definition) is 5. The van der Waals surface area contributed by atoms with Crippen molar-refractivity contribution in [3.05, 3.63) is 11.9 Å². The zero-order valence-electron chi connectivity index (χ0n) is 13.8. The largest absolute Gasteiger partial charge is 0.475 e. The van der Waals surface area contributed by atoms with Gasteiger partial charge in [-0.2, -0.15) is 0 Å². The van der Waals surface area contributed by atoms with Crippen LogP contribution in [0.25, 0.3) is 0 Å². The molecule has 0 aromatic carbocycles. The van der Waals surface area contributed by atoms with Crippen LogP contribution < -0.4 is 10.1 Å². The Bertz CT molecular complexity index is 430. The van der Waals surface area contributed by atoms with Gasteiger partial charge in [0, 0.05) is 12.1 Å². The van der Waals surface area contributed by atoms with Crippen LogP contribution in [0.2, 0.25) is 0 Å². The number of hydrogen-bond donors (Lipinski definition) is 1. The molecule has 0 aliphatic carbocycles. The third-order valence-electron chi connectivity index (χ3n) is 3.54. The summed E-state index contributed by atoms with van der Waals surface area (Å²) in [4.78, 5) is 10.8. The lowest BCUT2D eigenvalue weighted by molar-refractivity contribution is 0.110. The Morgan fingerprint density at radius 3 is 2.45 bits per heavy atom. The van der Waals surface area contributed by atoms with E-state index >= 15 is 0 Å². The van der Waals surface area contributed by atoms with E-state index in [0.29, 0.717) is 18.4 Å². The van der Waals surface area contributed by atoms with E-state index in [1.54, 1.807) is 6.33 Å². The highest BCUT2D eigenvalue weighted by Crippen LogP contribution is 2.30. The topological polar surface area (TPSA) is 50.3 Å². The van der Waals surface area contributed by atoms with E-state index in [9.17, 15) is 0 Å². The van der Waals surface area contributed by atoms with Crippen LogP contribution in [0, 0.1) is 0 Å². The molecule has 0 bridgehead atoms. The van der Waals surface area contributed by atoms with Crippen molar-refractivity contribution < 1.29 is 4.74 Å². The normalized spacial score (nSPS) is 12.1. The van der Waals surface area contributed by atoms with Crippen LogP contribution in [-0.2, 0) is 0 Å². The van der Waals surface area contributed by atoms with Crippen molar-refractivity contribution in [1.29, 1.82) is 0 Å². The molecule has 0 atom stereocenters. The maximum Gasteiger partial charge on any atom is 0.222 e. The standard InChI is InChI=1S/C15H28N4O/c1-8-16-13-12(11(2)3)14(18-10-17-13)20-9-15(4,5)19(6)7/h10-11H,8-9H2,1-7H3,(H,16,17,18). The molecule has 20 heavy (non-hydrogen) atoms. The molecule has 114 valence electrons. The highest BCUT2D eigenvalue weighted by Gasteiger charge is 2.23. The van der Waals surface area contributed by atoms with Crippen molar-refractivity contribution >= 4 is 5.82 Å². The van der Waals surface area contributed by atoms with Gasteiger partial charge < -0.3 is 15.0 Å². The summed E-state index contributed by atoms with van der Waals surface area (Å²) in [6.07, 6.45) is 1.56. The number of anilines is 1. The summed E-state index contributed by atoms with van der Waals surface area (Å²) in [6, 6.07) is 0. The van der Waals surface area contributed by atoms with E-state index in [0.717, 1.165) is 17.9 Å². The molecule has 1 heterocycles. The minimum absolute atomic E-state index is 0.0441. The van der Waals surface area contributed by atoms with E-state index in [1.165, 1.54) is 0 Å². The van der Waals surface area contributed by atoms with Crippen LogP contribution in [0.15, 0.2) is 6.33 Å². The van der Waals surface area contributed by atoms with E-state index < -0.39 is 0 Å². The van der Waals surface area contributed by atoms with Crippen LogP contribution in [0.3, 0.4) is 0 Å². The predicted molar refractivity (Wildman–Crippen MR) is 83.5 cm³/mol. The Hall–Kier alpha value is -1.36. The zero-order valence-corrected chi connectivity index (χ0v) is 13.8. The fourth-order valence-corrected chi connectivity index (χ4v) is 1.70. The second-order valence-corrected chi connectivity index (χ2v) is 6.12. The van der Waals surface area contributed by atoms with Crippen molar-refractivity contribution in [3.8, 4) is 5.88 Å². The second kappa shape index (κ2) is 6.88. The Kier molecular flexibility index (Phi) is 5.74. The third kappa shape index (κ3) is 4.07. The molecular weight excluding hydrogens is 252 g/mol. The summed E-state index contributed by atoms with van der Waals surface area (Å²) in [7, 11) is 4.10. The van der Waals surface area contributed by atoms with Gasteiger partial charge in [0.05, 0.1) is 5.56 Å². The molecule has 0 saturated heterocycles. The van der Waals surface area contributed by atoms with Crippen LogP contribution >= 0.6 is 0 Å². The van der Waals surface area contributed by atoms with Gasteiger partial charge in [0.2, 0.25) is 5.88 Å². The Labute approximate surface area is 122 Å². The van der Waals surface area contributed by atoms with Crippen LogP contribution in [-0.4, -0.2) is 47.7 Å². The quantitative estimate of drug-likeness (QED) is 0.832. The smallest absolute Gasteiger partial charge is 0.222 e. The summed E-state index contributed by atoms with van der Waals surface area (Å²) < 4.78 is 5.98. The summed E-state index contributed by atoms with van der Waals surface area (Å²) in [5.41, 5.74) is 1.00. The fourth-order valence-electron chi connectivity index (χ4n) is 1.70. The molecule has 1 N–H and O–H groups in total. The number of nitrogens with zero attached hydrogens (tertiary/aromatic N) is 3. The molecule has 0 radical (unpaired) electrons. The summed E-state index contributed by atoms with van der Waals surface area (Å²) >= 11 is 0. The monoisotopic (exact) mass is 280 g/mol. The van der Waals surface area contributed by atoms with Crippen molar-refractivity contribution in [2.75, 3.05) is 32.6 Å². The molecule has 1 rings (SSSR count). The lowest BCUT2D eigenvalue weighted by Crippen LogP contribution is -2.43. The maximum atomic E-state index is 5.98. The SMILES string of the molecule is CCNc1ncnc(OCC(C)(C)N(C)C)c1C(C)C. The van der Waals surface area contributed by atoms with Crippen molar-refractivity contribution in [2.24, 2.45) is 0 Å². The Morgan fingerprint density at radius 2 is 1.95 bits per heavy atom. The summed E-state index contributed by atoms with van der Waals surface area (Å²) in [5, 5.41) is 3.28. The number of likely N-dealkylation sites (N-methyl/N-ethyl adjacent to an activating group) is 1. The molecule has 0 amide bonds. The predicted octanol–water partition coefficient (Wildman–Crippen LogP) is 2.75. The van der Waals surface area contributed by atoms with Gasteiger partial charge in [-0.1, -0.05) is 13.8 Å². The average Bonchev–Trinajstić information content (AvgIpc) is 2.36. The van der Waals surface area contributed by atoms with Gasteiger partial charge in [-0.05, 0) is 40.8 Å². The molecule has 0 saturated carbocycles. The molecule has 1 aromatic heterocycles. The Morgan fingerprint density at radius 1 is 1.30 bits per heavy atom. The lowest BCUT2D eigenvalue weighted by atomic mass is 10.0. The van der Waals surface area contributed by atoms with Gasteiger partial charge in [0.1, 0.15) is 18.8 Å². The van der Waals surface area contributed by atoms with E-state index in [2.05, 4.69) is 68.9 Å². The molecule has 1 aromatic rings. The average molecular weight is 280 g/mol. The summed E-state index contributed by atoms with van der Waals surface area (Å²) in [6.45, 7) is 12.0. The first kappa shape index (κ1) is 16.7. The molecular formula is C15H28N4O. The number of nitrogens with one attached hydrogen (secondary N) is 1. The first-order chi connectivity index (χ1) is 9.29. The van der Waals surface area contributed by atoms with Gasteiger partial charge in [-0.25, -0.2) is 9.97 Å². The zero-order chi connectivity index (χ0) is 15.3. The van der Waals surface area contributed by atoms with Crippen LogP contribution in [0.1, 0.15) is 46.1 Å². The second-order valence-electron chi connectivity index (χ2n) is 6.12. The molecule has 0 aliphatic rings. The Balaban J connectivity index is 2.97. The molecule has 0 spiro atoms. The number of aromatic nitrogens is 2. The van der Waals surface area contributed by atoms with Crippen LogP contribution in [0.5, 0.6) is 5.88 Å². The maximum absolute atomic E-state index is 5.98. The fraction of sp³-hybridized carbons (Fsp3) is 0.733. The van der Waals surface area contributed by atoms with Gasteiger partial charge in [0.15, 0.2) is 0 Å². The molecule has 5 nitrogen and oxygen atoms in total. The highest BCUT2D eigenvalue weighted by molar-refractivity contribution is 5.50. The number of ether oxygens (including phenoxy) is 1. The van der Waals surface area contributed by atoms with Gasteiger partial charge in [0.25, 0.3) is 0 Å². The first-order valence-electron chi connectivity index (χ1n) is 7.18. The minimum Gasteiger partial charge on any atom is -0.475 e. The molecule has 0 aliphatic heterocycles. The highest BCUT2D eigenvalue weighted by atomic mass is 16.5. The van der Waals surface area contributed by atoms with E-state index in [-0.39, 0.29) is 5.54 Å². The number of rotatable bonds is 7. The van der Waals surface area contributed by atoms with Gasteiger partial charge in [-0.15, -0.1) is 0 Å². The lowest BCUT2D eigenvalue weighted by Gasteiger charge is -2.32. The molecule has 0 unspecified atom stereocenters. The molecule has 0 fully saturated rings. The van der Waals surface area contributed by atoms with Gasteiger partial charge >= 0.3 is 0 Å². The third-order valence-corrected chi connectivity index (χ3v) is 3.54. The van der Waals surface area contributed by atoms with E-state index in [1.807, 2.05) is 0 Å². The van der Waals surface area contributed by atoms with Crippen molar-refractivity contribution in [2.45, 2.75) is 46.1 Å². The van der Waals surface area contributed by atoms with Crippen molar-refractivity contribution in [1.82, 2.24) is 14.9 Å². The minimum atomic E-state index is -0.0441. The van der Waals surface area contributed by atoms with Crippen LogP contribution in [0.4, 0.5) is 5.82 Å².